The Labute approximate surface area is 87.1 Å². The molecule has 0 unspecified atom stereocenters. The molecule has 0 fully saturated rings. The molecular formula is C8H15N3S2. The Hall–Kier alpha value is -0.290. The number of hydrogen-bond donors (Lipinski definition) is 1. The van der Waals surface area contributed by atoms with Crippen molar-refractivity contribution in [2.75, 3.05) is 11.5 Å². The van der Waals surface area contributed by atoms with Crippen LogP contribution in [0.25, 0.3) is 0 Å². The quantitative estimate of drug-likeness (QED) is 0.769. The second kappa shape index (κ2) is 5.44. The van der Waals surface area contributed by atoms with Gasteiger partial charge in [-0.15, -0.1) is 10.2 Å². The summed E-state index contributed by atoms with van der Waals surface area (Å²) in [5.41, 5.74) is 5.47. The number of nitrogens with two attached hydrogens (primary N) is 1. The number of nitrogen functional groups attached to an aromatic ring is 1. The van der Waals surface area contributed by atoms with Crippen LogP contribution in [0.2, 0.25) is 0 Å². The van der Waals surface area contributed by atoms with Crippen LogP contribution >= 0.6 is 23.1 Å². The summed E-state index contributed by atoms with van der Waals surface area (Å²) in [7, 11) is 0. The van der Waals surface area contributed by atoms with Crippen LogP contribution in [0, 0.1) is 5.92 Å². The summed E-state index contributed by atoms with van der Waals surface area (Å²) < 4.78 is 0. The lowest BCUT2D eigenvalue weighted by atomic mass is 10.2. The van der Waals surface area contributed by atoms with Crippen LogP contribution in [0.1, 0.15) is 25.3 Å². The highest BCUT2D eigenvalue weighted by Crippen LogP contribution is 2.19. The Morgan fingerprint density at radius 2 is 2.23 bits per heavy atom. The molecule has 1 rings (SSSR count). The summed E-state index contributed by atoms with van der Waals surface area (Å²) in [6.45, 7) is 4.48. The summed E-state index contributed by atoms with van der Waals surface area (Å²) >= 11 is 3.38. The summed E-state index contributed by atoms with van der Waals surface area (Å²) in [5.74, 6) is 2.92. The van der Waals surface area contributed by atoms with Gasteiger partial charge in [0.2, 0.25) is 5.13 Å². The average molecular weight is 217 g/mol. The summed E-state index contributed by atoms with van der Waals surface area (Å²) in [6, 6.07) is 0. The molecule has 1 aromatic heterocycles. The maximum absolute atomic E-state index is 5.47. The van der Waals surface area contributed by atoms with Gasteiger partial charge in [0.05, 0.1) is 0 Å². The predicted octanol–water partition coefficient (Wildman–Crippen LogP) is 2.40. The highest BCUT2D eigenvalue weighted by Gasteiger charge is 2.01. The molecule has 0 radical (unpaired) electrons. The second-order valence-corrected chi connectivity index (χ2v) is 5.47. The smallest absolute Gasteiger partial charge is 0.203 e. The van der Waals surface area contributed by atoms with Gasteiger partial charge in [0.25, 0.3) is 0 Å². The van der Waals surface area contributed by atoms with Crippen molar-refractivity contribution in [1.82, 2.24) is 10.2 Å². The topological polar surface area (TPSA) is 51.8 Å². The first-order valence-electron chi connectivity index (χ1n) is 4.34. The monoisotopic (exact) mass is 217 g/mol. The molecule has 2 N–H and O–H groups in total. The minimum Gasteiger partial charge on any atom is -0.374 e. The van der Waals surface area contributed by atoms with E-state index in [4.69, 9.17) is 5.73 Å². The van der Waals surface area contributed by atoms with E-state index in [1.165, 1.54) is 23.5 Å². The average Bonchev–Trinajstić information content (AvgIpc) is 2.45. The zero-order valence-corrected chi connectivity index (χ0v) is 9.62. The van der Waals surface area contributed by atoms with Crippen molar-refractivity contribution in [2.24, 2.45) is 5.92 Å². The maximum atomic E-state index is 5.47. The first-order chi connectivity index (χ1) is 6.18. The van der Waals surface area contributed by atoms with Crippen LogP contribution in [0.4, 0.5) is 5.13 Å². The first kappa shape index (κ1) is 10.8. The van der Waals surface area contributed by atoms with E-state index in [1.54, 1.807) is 0 Å². The van der Waals surface area contributed by atoms with E-state index < -0.39 is 0 Å². The van der Waals surface area contributed by atoms with Crippen molar-refractivity contribution in [3.05, 3.63) is 5.01 Å². The van der Waals surface area contributed by atoms with E-state index >= 15 is 0 Å². The lowest BCUT2D eigenvalue weighted by molar-refractivity contribution is 0.632. The molecule has 0 saturated heterocycles. The number of thioether (sulfide) groups is 1. The van der Waals surface area contributed by atoms with Crippen LogP contribution in [0.15, 0.2) is 0 Å². The van der Waals surface area contributed by atoms with Gasteiger partial charge in [-0.05, 0) is 18.1 Å². The minimum atomic E-state index is 0.569. The number of rotatable bonds is 5. The highest BCUT2D eigenvalue weighted by molar-refractivity contribution is 7.98. The van der Waals surface area contributed by atoms with Crippen molar-refractivity contribution in [3.8, 4) is 0 Å². The van der Waals surface area contributed by atoms with Gasteiger partial charge in [-0.2, -0.15) is 11.8 Å². The number of hydrogen-bond acceptors (Lipinski definition) is 5. The normalized spacial score (nSPS) is 11.0. The van der Waals surface area contributed by atoms with Gasteiger partial charge in [-0.1, -0.05) is 25.2 Å². The zero-order valence-electron chi connectivity index (χ0n) is 7.99. The van der Waals surface area contributed by atoms with E-state index in [1.807, 2.05) is 11.8 Å². The van der Waals surface area contributed by atoms with Gasteiger partial charge < -0.3 is 5.73 Å². The molecule has 0 saturated carbocycles. The van der Waals surface area contributed by atoms with Crippen molar-refractivity contribution in [1.29, 1.82) is 0 Å². The molecule has 0 aliphatic carbocycles. The molecular weight excluding hydrogens is 202 g/mol. The third-order valence-corrected chi connectivity index (χ3v) is 3.48. The van der Waals surface area contributed by atoms with E-state index in [0.29, 0.717) is 5.13 Å². The summed E-state index contributed by atoms with van der Waals surface area (Å²) in [4.78, 5) is 0. The molecule has 0 aromatic carbocycles. The Morgan fingerprint density at radius 3 is 2.77 bits per heavy atom. The van der Waals surface area contributed by atoms with Crippen molar-refractivity contribution < 1.29 is 0 Å². The second-order valence-electron chi connectivity index (χ2n) is 3.27. The van der Waals surface area contributed by atoms with Gasteiger partial charge in [0.1, 0.15) is 5.01 Å². The zero-order chi connectivity index (χ0) is 9.68. The van der Waals surface area contributed by atoms with Crippen LogP contribution in [-0.2, 0) is 5.75 Å². The number of nitrogens with zero attached hydrogens (tertiary/aromatic N) is 2. The molecule has 0 spiro atoms. The Kier molecular flexibility index (Phi) is 4.52. The molecule has 0 atom stereocenters. The van der Waals surface area contributed by atoms with Crippen LogP contribution < -0.4 is 5.73 Å². The Morgan fingerprint density at radius 1 is 1.46 bits per heavy atom. The fraction of sp³-hybridized carbons (Fsp3) is 0.750. The molecule has 13 heavy (non-hydrogen) atoms. The number of anilines is 1. The molecule has 1 heterocycles. The van der Waals surface area contributed by atoms with Crippen molar-refractivity contribution in [2.45, 2.75) is 26.0 Å². The standard InChI is InChI=1S/C8H15N3S2/c1-6(2)3-4-12-5-7-10-11-8(9)13-7/h6H,3-5H2,1-2H3,(H2,9,11). The molecule has 0 amide bonds. The molecule has 74 valence electrons. The van der Waals surface area contributed by atoms with E-state index in [0.717, 1.165) is 16.7 Å². The maximum Gasteiger partial charge on any atom is 0.203 e. The fourth-order valence-corrected chi connectivity index (χ4v) is 2.71. The van der Waals surface area contributed by atoms with Gasteiger partial charge in [-0.25, -0.2) is 0 Å². The lowest BCUT2D eigenvalue weighted by Gasteiger charge is -2.01. The fourth-order valence-electron chi connectivity index (χ4n) is 0.803. The highest BCUT2D eigenvalue weighted by atomic mass is 32.2. The SMILES string of the molecule is CC(C)CCSCc1nnc(N)s1. The van der Waals surface area contributed by atoms with Crippen LogP contribution in [0.5, 0.6) is 0 Å². The predicted molar refractivity (Wildman–Crippen MR) is 59.9 cm³/mol. The van der Waals surface area contributed by atoms with Gasteiger partial charge in [0.15, 0.2) is 0 Å². The van der Waals surface area contributed by atoms with Gasteiger partial charge in [-0.3, -0.25) is 0 Å². The first-order valence-corrected chi connectivity index (χ1v) is 6.31. The minimum absolute atomic E-state index is 0.569. The van der Waals surface area contributed by atoms with Crippen molar-refractivity contribution in [3.63, 3.8) is 0 Å². The summed E-state index contributed by atoms with van der Waals surface area (Å²) in [6.07, 6.45) is 1.26. The molecule has 0 aliphatic heterocycles. The van der Waals surface area contributed by atoms with E-state index in [2.05, 4.69) is 24.0 Å². The largest absolute Gasteiger partial charge is 0.374 e. The Bertz CT molecular complexity index is 247. The molecule has 0 aliphatic rings. The van der Waals surface area contributed by atoms with E-state index in [9.17, 15) is 0 Å². The van der Waals surface area contributed by atoms with Crippen molar-refractivity contribution >= 4 is 28.2 Å². The lowest BCUT2D eigenvalue weighted by Crippen LogP contribution is -1.90. The molecule has 5 heteroatoms. The van der Waals surface area contributed by atoms with E-state index in [-0.39, 0.29) is 0 Å². The van der Waals surface area contributed by atoms with Crippen LogP contribution in [0.3, 0.4) is 0 Å². The molecule has 1 aromatic rings. The third kappa shape index (κ3) is 4.47. The molecule has 0 bridgehead atoms. The van der Waals surface area contributed by atoms with Gasteiger partial charge in [0, 0.05) is 5.75 Å². The summed E-state index contributed by atoms with van der Waals surface area (Å²) in [5, 5.41) is 9.32. The molecule has 3 nitrogen and oxygen atoms in total. The number of aromatic nitrogens is 2. The Balaban J connectivity index is 2.13. The van der Waals surface area contributed by atoms with Crippen LogP contribution in [-0.4, -0.2) is 16.0 Å². The van der Waals surface area contributed by atoms with Gasteiger partial charge >= 0.3 is 0 Å². The third-order valence-electron chi connectivity index (χ3n) is 1.55.